The standard InChI is InChI=1S/C5H14B2O4P2/c6-8-2-1-3(10-12)4(9-7)5(2)11-13/h2-5H,1,6-7,12-13H2/t2-,3+,4-,5+/m0/s1. The van der Waals surface area contributed by atoms with Crippen LogP contribution >= 0.6 is 18.9 Å². The highest BCUT2D eigenvalue weighted by Crippen LogP contribution is 2.31. The molecule has 0 saturated heterocycles. The van der Waals surface area contributed by atoms with Gasteiger partial charge < -0.3 is 18.4 Å². The molecule has 1 fully saturated rings. The Bertz CT molecular complexity index is 147. The summed E-state index contributed by atoms with van der Waals surface area (Å²) < 4.78 is 21.0. The summed E-state index contributed by atoms with van der Waals surface area (Å²) in [5.74, 6) is 0. The van der Waals surface area contributed by atoms with Crippen LogP contribution in [0.3, 0.4) is 0 Å². The lowest BCUT2D eigenvalue weighted by atomic mass is 10.2. The van der Waals surface area contributed by atoms with E-state index in [1.165, 1.54) is 0 Å². The lowest BCUT2D eigenvalue weighted by molar-refractivity contribution is 0.0155. The Balaban J connectivity index is 2.65. The largest absolute Gasteiger partial charge is 0.438 e. The summed E-state index contributed by atoms with van der Waals surface area (Å²) in [6.45, 7) is 0. The summed E-state index contributed by atoms with van der Waals surface area (Å²) >= 11 is 0. The van der Waals surface area contributed by atoms with Crippen molar-refractivity contribution in [3.05, 3.63) is 0 Å². The van der Waals surface area contributed by atoms with Crippen molar-refractivity contribution >= 4 is 35.0 Å². The fraction of sp³-hybridized carbons (Fsp3) is 1.00. The van der Waals surface area contributed by atoms with Gasteiger partial charge in [0.15, 0.2) is 0 Å². The van der Waals surface area contributed by atoms with Gasteiger partial charge in [-0.3, -0.25) is 0 Å². The van der Waals surface area contributed by atoms with Crippen molar-refractivity contribution < 1.29 is 18.4 Å². The number of hydrogen-bond donors (Lipinski definition) is 0. The Labute approximate surface area is 84.9 Å². The molecule has 6 atom stereocenters. The van der Waals surface area contributed by atoms with Crippen LogP contribution in [0.2, 0.25) is 0 Å². The molecule has 1 saturated carbocycles. The fourth-order valence-corrected chi connectivity index (χ4v) is 2.33. The second kappa shape index (κ2) is 5.65. The first-order valence-electron chi connectivity index (χ1n) is 4.05. The SMILES string of the molecule is BO[C@@H]1[C@H](OP)[C@@H](OB)C[C@H]1OP. The Morgan fingerprint density at radius 3 is 2.00 bits per heavy atom. The maximum Gasteiger partial charge on any atom is 0.257 e. The quantitative estimate of drug-likeness (QED) is 0.433. The van der Waals surface area contributed by atoms with Gasteiger partial charge in [-0.2, -0.15) is 0 Å². The third-order valence-corrected chi connectivity index (χ3v) is 3.09. The molecular formula is C5H14B2O4P2. The van der Waals surface area contributed by atoms with Gasteiger partial charge in [0.25, 0.3) is 16.1 Å². The van der Waals surface area contributed by atoms with Crippen LogP contribution in [-0.4, -0.2) is 40.5 Å². The van der Waals surface area contributed by atoms with Crippen LogP contribution in [0.4, 0.5) is 0 Å². The third-order valence-electron chi connectivity index (χ3n) is 2.43. The molecule has 1 rings (SSSR count). The van der Waals surface area contributed by atoms with Gasteiger partial charge in [-0.25, -0.2) is 0 Å². The molecule has 1 aliphatic rings. The summed E-state index contributed by atoms with van der Waals surface area (Å²) in [5, 5.41) is 0. The van der Waals surface area contributed by atoms with E-state index in [2.05, 4.69) is 18.9 Å². The van der Waals surface area contributed by atoms with Crippen LogP contribution in [0.25, 0.3) is 0 Å². The highest BCUT2D eigenvalue weighted by atomic mass is 31.0. The van der Waals surface area contributed by atoms with Gasteiger partial charge in [-0.05, 0) is 0 Å². The lowest BCUT2D eigenvalue weighted by Crippen LogP contribution is -2.36. The van der Waals surface area contributed by atoms with Crippen molar-refractivity contribution in [2.45, 2.75) is 30.8 Å². The Morgan fingerprint density at radius 1 is 0.923 bits per heavy atom. The van der Waals surface area contributed by atoms with Crippen molar-refractivity contribution in [1.82, 2.24) is 0 Å². The van der Waals surface area contributed by atoms with E-state index in [0.29, 0.717) is 0 Å². The van der Waals surface area contributed by atoms with Gasteiger partial charge in [0.05, 0.1) is 18.3 Å². The molecule has 1 aliphatic carbocycles. The van der Waals surface area contributed by atoms with Crippen molar-refractivity contribution in [3.8, 4) is 0 Å². The summed E-state index contributed by atoms with van der Waals surface area (Å²) in [4.78, 5) is 0. The molecule has 4 nitrogen and oxygen atoms in total. The van der Waals surface area contributed by atoms with Crippen molar-refractivity contribution in [3.63, 3.8) is 0 Å². The predicted molar refractivity (Wildman–Crippen MR) is 60.6 cm³/mol. The van der Waals surface area contributed by atoms with E-state index in [9.17, 15) is 0 Å². The summed E-state index contributed by atoms with van der Waals surface area (Å²) in [7, 11) is 7.81. The van der Waals surface area contributed by atoms with E-state index in [4.69, 9.17) is 18.4 Å². The first-order valence-corrected chi connectivity index (χ1v) is 4.99. The number of rotatable bonds is 4. The molecule has 0 spiro atoms. The van der Waals surface area contributed by atoms with E-state index in [-0.39, 0.29) is 24.4 Å². The average Bonchev–Trinajstić information content (AvgIpc) is 2.54. The van der Waals surface area contributed by atoms with Gasteiger partial charge >= 0.3 is 0 Å². The highest BCUT2D eigenvalue weighted by Gasteiger charge is 2.43. The fourth-order valence-electron chi connectivity index (χ4n) is 1.73. The predicted octanol–water partition coefficient (Wildman–Crippen LogP) is -1.39. The Morgan fingerprint density at radius 2 is 1.62 bits per heavy atom. The van der Waals surface area contributed by atoms with Crippen molar-refractivity contribution in [2.75, 3.05) is 0 Å². The van der Waals surface area contributed by atoms with Crippen LogP contribution < -0.4 is 0 Å². The zero-order valence-corrected chi connectivity index (χ0v) is 10.1. The molecule has 0 aromatic heterocycles. The molecule has 0 radical (unpaired) electrons. The smallest absolute Gasteiger partial charge is 0.257 e. The Kier molecular flexibility index (Phi) is 5.17. The molecule has 0 amide bonds. The minimum atomic E-state index is -0.0782. The van der Waals surface area contributed by atoms with E-state index in [1.54, 1.807) is 16.1 Å². The summed E-state index contributed by atoms with van der Waals surface area (Å²) in [6.07, 6.45) is 0.696. The first kappa shape index (κ1) is 11.9. The monoisotopic (exact) mass is 222 g/mol. The highest BCUT2D eigenvalue weighted by molar-refractivity contribution is 7.10. The van der Waals surface area contributed by atoms with E-state index in [0.717, 1.165) is 6.42 Å². The van der Waals surface area contributed by atoms with Crippen molar-refractivity contribution in [1.29, 1.82) is 0 Å². The minimum absolute atomic E-state index is 0.0190. The Hall–Kier alpha value is 0.830. The second-order valence-corrected chi connectivity index (χ2v) is 3.53. The first-order chi connectivity index (χ1) is 6.28. The molecular weight excluding hydrogens is 208 g/mol. The molecule has 74 valence electrons. The van der Waals surface area contributed by atoms with Crippen LogP contribution in [0.15, 0.2) is 0 Å². The van der Waals surface area contributed by atoms with Gasteiger partial charge in [0.2, 0.25) is 0 Å². The lowest BCUT2D eigenvalue weighted by Gasteiger charge is -2.23. The molecule has 0 aromatic carbocycles. The van der Waals surface area contributed by atoms with Gasteiger partial charge in [-0.15, -0.1) is 0 Å². The zero-order valence-electron chi connectivity index (χ0n) is 7.80. The number of hydrogen-bond acceptors (Lipinski definition) is 4. The van der Waals surface area contributed by atoms with Crippen LogP contribution in [-0.2, 0) is 18.4 Å². The normalized spacial score (nSPS) is 39.5. The summed E-state index contributed by atoms with van der Waals surface area (Å²) in [6, 6.07) is 0. The molecule has 0 aliphatic heterocycles. The molecule has 2 unspecified atom stereocenters. The van der Waals surface area contributed by atoms with Crippen LogP contribution in [0.5, 0.6) is 0 Å². The van der Waals surface area contributed by atoms with Gasteiger partial charge in [0.1, 0.15) is 6.10 Å². The van der Waals surface area contributed by atoms with Crippen LogP contribution in [0, 0.1) is 0 Å². The minimum Gasteiger partial charge on any atom is -0.438 e. The molecule has 0 bridgehead atoms. The molecule has 8 heteroatoms. The second-order valence-electron chi connectivity index (χ2n) is 2.99. The third kappa shape index (κ3) is 2.44. The van der Waals surface area contributed by atoms with E-state index < -0.39 is 0 Å². The average molecular weight is 222 g/mol. The molecule has 0 heterocycles. The van der Waals surface area contributed by atoms with Crippen LogP contribution in [0.1, 0.15) is 6.42 Å². The van der Waals surface area contributed by atoms with E-state index >= 15 is 0 Å². The van der Waals surface area contributed by atoms with Gasteiger partial charge in [-0.1, -0.05) is 0 Å². The summed E-state index contributed by atoms with van der Waals surface area (Å²) in [5.41, 5.74) is 0. The van der Waals surface area contributed by atoms with Crippen molar-refractivity contribution in [2.24, 2.45) is 0 Å². The zero-order chi connectivity index (χ0) is 9.84. The van der Waals surface area contributed by atoms with E-state index in [1.807, 2.05) is 0 Å². The topological polar surface area (TPSA) is 36.9 Å². The molecule has 0 aromatic rings. The molecule has 0 N–H and O–H groups in total. The van der Waals surface area contributed by atoms with Gasteiger partial charge in [0, 0.05) is 25.4 Å². The maximum atomic E-state index is 5.29. The maximum absolute atomic E-state index is 5.29. The molecule has 13 heavy (non-hydrogen) atoms.